The minimum Gasteiger partial charge on any atom is -0.391 e. The second kappa shape index (κ2) is 8.57. The van der Waals surface area contributed by atoms with Gasteiger partial charge in [0.2, 0.25) is 0 Å². The zero-order valence-electron chi connectivity index (χ0n) is 12.5. The standard InChI is InChI=1S/C16H27NO.ClH/c1-11(2)5-10-15(18)16(17)14-8-6-13(7-9-14)12(3)4;/h6-9,11-12,15-16,18H,5,10,17H2,1-4H3;1H/t15-,16+;/m0./s1. The molecule has 1 rings (SSSR count). The SMILES string of the molecule is CC(C)CC[C@H](O)[C@H](N)c1ccc(C(C)C)cc1.Cl. The zero-order chi connectivity index (χ0) is 13.7. The van der Waals surface area contributed by atoms with E-state index in [0.29, 0.717) is 11.8 Å². The number of rotatable bonds is 6. The summed E-state index contributed by atoms with van der Waals surface area (Å²) in [7, 11) is 0. The van der Waals surface area contributed by atoms with Crippen molar-refractivity contribution in [3.05, 3.63) is 35.4 Å². The molecule has 0 amide bonds. The molecule has 0 saturated heterocycles. The van der Waals surface area contributed by atoms with Crippen molar-refractivity contribution in [1.82, 2.24) is 0 Å². The molecule has 0 heterocycles. The van der Waals surface area contributed by atoms with E-state index in [1.165, 1.54) is 5.56 Å². The molecule has 0 spiro atoms. The normalized spacial score (nSPS) is 14.3. The molecule has 2 nitrogen and oxygen atoms in total. The van der Waals surface area contributed by atoms with Gasteiger partial charge in [-0.25, -0.2) is 0 Å². The minimum absolute atomic E-state index is 0. The quantitative estimate of drug-likeness (QED) is 0.829. The van der Waals surface area contributed by atoms with Crippen LogP contribution in [0.5, 0.6) is 0 Å². The molecule has 0 aromatic heterocycles. The highest BCUT2D eigenvalue weighted by atomic mass is 35.5. The molecule has 0 saturated carbocycles. The molecule has 3 N–H and O–H groups in total. The van der Waals surface area contributed by atoms with E-state index in [4.69, 9.17) is 5.73 Å². The van der Waals surface area contributed by atoms with Crippen molar-refractivity contribution in [2.45, 2.75) is 58.6 Å². The second-order valence-corrected chi connectivity index (χ2v) is 5.89. The van der Waals surface area contributed by atoms with Gasteiger partial charge in [-0.3, -0.25) is 0 Å². The Morgan fingerprint density at radius 3 is 1.84 bits per heavy atom. The van der Waals surface area contributed by atoms with E-state index in [1.54, 1.807) is 0 Å². The molecule has 1 aromatic carbocycles. The molecule has 110 valence electrons. The van der Waals surface area contributed by atoms with Crippen molar-refractivity contribution in [2.24, 2.45) is 11.7 Å². The second-order valence-electron chi connectivity index (χ2n) is 5.89. The summed E-state index contributed by atoms with van der Waals surface area (Å²) in [6.07, 6.45) is 1.33. The predicted molar refractivity (Wildman–Crippen MR) is 84.8 cm³/mol. The van der Waals surface area contributed by atoms with Gasteiger partial charge in [0.05, 0.1) is 12.1 Å². The molecule has 0 unspecified atom stereocenters. The Kier molecular flexibility index (Phi) is 8.31. The first-order valence-corrected chi connectivity index (χ1v) is 6.95. The zero-order valence-corrected chi connectivity index (χ0v) is 13.3. The van der Waals surface area contributed by atoms with Gasteiger partial charge in [-0.15, -0.1) is 12.4 Å². The van der Waals surface area contributed by atoms with Gasteiger partial charge in [0.25, 0.3) is 0 Å². The molecule has 0 aliphatic heterocycles. The van der Waals surface area contributed by atoms with Crippen LogP contribution in [0.25, 0.3) is 0 Å². The fourth-order valence-electron chi connectivity index (χ4n) is 2.01. The first-order chi connectivity index (χ1) is 8.41. The predicted octanol–water partition coefficient (Wildman–Crippen LogP) is 4.03. The molecule has 3 heteroatoms. The van der Waals surface area contributed by atoms with Crippen LogP contribution in [0.4, 0.5) is 0 Å². The molecule has 1 aromatic rings. The maximum atomic E-state index is 10.1. The van der Waals surface area contributed by atoms with Gasteiger partial charge in [0.15, 0.2) is 0 Å². The molecule has 0 radical (unpaired) electrons. The van der Waals surface area contributed by atoms with Gasteiger partial charge in [0.1, 0.15) is 0 Å². The van der Waals surface area contributed by atoms with E-state index >= 15 is 0 Å². The highest BCUT2D eigenvalue weighted by molar-refractivity contribution is 5.85. The first-order valence-electron chi connectivity index (χ1n) is 6.95. The van der Waals surface area contributed by atoms with Crippen molar-refractivity contribution in [3.63, 3.8) is 0 Å². The monoisotopic (exact) mass is 285 g/mol. The maximum Gasteiger partial charge on any atom is 0.0732 e. The van der Waals surface area contributed by atoms with Crippen LogP contribution in [-0.4, -0.2) is 11.2 Å². The van der Waals surface area contributed by atoms with Crippen molar-refractivity contribution in [1.29, 1.82) is 0 Å². The number of hydrogen-bond acceptors (Lipinski definition) is 2. The van der Waals surface area contributed by atoms with E-state index < -0.39 is 6.10 Å². The summed E-state index contributed by atoms with van der Waals surface area (Å²) in [4.78, 5) is 0. The van der Waals surface area contributed by atoms with Crippen LogP contribution < -0.4 is 5.73 Å². The maximum absolute atomic E-state index is 10.1. The van der Waals surface area contributed by atoms with Crippen LogP contribution in [0.1, 0.15) is 63.6 Å². The van der Waals surface area contributed by atoms with Crippen molar-refractivity contribution in [2.75, 3.05) is 0 Å². The minimum atomic E-state index is -0.447. The number of aliphatic hydroxyl groups is 1. The lowest BCUT2D eigenvalue weighted by atomic mass is 9.94. The molecular weight excluding hydrogens is 258 g/mol. The van der Waals surface area contributed by atoms with Crippen molar-refractivity contribution >= 4 is 12.4 Å². The van der Waals surface area contributed by atoms with Gasteiger partial charge < -0.3 is 10.8 Å². The summed E-state index contributed by atoms with van der Waals surface area (Å²) in [5.41, 5.74) is 8.43. The van der Waals surface area contributed by atoms with Gasteiger partial charge in [0, 0.05) is 0 Å². The van der Waals surface area contributed by atoms with Crippen LogP contribution in [0.3, 0.4) is 0 Å². The summed E-state index contributed by atoms with van der Waals surface area (Å²) in [5.74, 6) is 1.14. The summed E-state index contributed by atoms with van der Waals surface area (Å²) < 4.78 is 0. The van der Waals surface area contributed by atoms with Crippen LogP contribution >= 0.6 is 12.4 Å². The summed E-state index contributed by atoms with van der Waals surface area (Å²) in [5, 5.41) is 10.1. The average molecular weight is 286 g/mol. The highest BCUT2D eigenvalue weighted by Crippen LogP contribution is 2.22. The third kappa shape index (κ3) is 5.94. The number of nitrogens with two attached hydrogens (primary N) is 1. The van der Waals surface area contributed by atoms with Gasteiger partial charge in [-0.1, -0.05) is 52.0 Å². The van der Waals surface area contributed by atoms with Crippen LogP contribution in [0, 0.1) is 5.92 Å². The number of benzene rings is 1. The highest BCUT2D eigenvalue weighted by Gasteiger charge is 2.17. The lowest BCUT2D eigenvalue weighted by Gasteiger charge is -2.20. The van der Waals surface area contributed by atoms with Crippen LogP contribution in [-0.2, 0) is 0 Å². The Bertz CT molecular complexity index is 348. The van der Waals surface area contributed by atoms with E-state index in [-0.39, 0.29) is 18.4 Å². The van der Waals surface area contributed by atoms with Crippen LogP contribution in [0.2, 0.25) is 0 Å². The summed E-state index contributed by atoms with van der Waals surface area (Å²) >= 11 is 0. The summed E-state index contributed by atoms with van der Waals surface area (Å²) in [6.45, 7) is 8.67. The molecule has 0 aliphatic carbocycles. The number of hydrogen-bond donors (Lipinski definition) is 2. The first kappa shape index (κ1) is 18.4. The van der Waals surface area contributed by atoms with Gasteiger partial charge in [-0.2, -0.15) is 0 Å². The Morgan fingerprint density at radius 2 is 1.42 bits per heavy atom. The Hall–Kier alpha value is -0.570. The molecular formula is C16H28ClNO. The number of aliphatic hydroxyl groups excluding tert-OH is 1. The Labute approximate surface area is 123 Å². The van der Waals surface area contributed by atoms with E-state index in [9.17, 15) is 5.11 Å². The third-order valence-corrected chi connectivity index (χ3v) is 3.44. The Morgan fingerprint density at radius 1 is 0.947 bits per heavy atom. The van der Waals surface area contributed by atoms with Crippen molar-refractivity contribution in [3.8, 4) is 0 Å². The molecule has 19 heavy (non-hydrogen) atoms. The molecule has 2 atom stereocenters. The lowest BCUT2D eigenvalue weighted by molar-refractivity contribution is 0.128. The van der Waals surface area contributed by atoms with Crippen molar-refractivity contribution < 1.29 is 5.11 Å². The lowest BCUT2D eigenvalue weighted by Crippen LogP contribution is -2.26. The average Bonchev–Trinajstić information content (AvgIpc) is 2.35. The smallest absolute Gasteiger partial charge is 0.0732 e. The largest absolute Gasteiger partial charge is 0.391 e. The fraction of sp³-hybridized carbons (Fsp3) is 0.625. The van der Waals surface area contributed by atoms with E-state index in [2.05, 4.69) is 39.8 Å². The summed E-state index contributed by atoms with van der Waals surface area (Å²) in [6, 6.07) is 8.02. The van der Waals surface area contributed by atoms with Crippen LogP contribution in [0.15, 0.2) is 24.3 Å². The number of halogens is 1. The molecule has 0 fully saturated rings. The van der Waals surface area contributed by atoms with Gasteiger partial charge >= 0.3 is 0 Å². The molecule has 0 bridgehead atoms. The van der Waals surface area contributed by atoms with Gasteiger partial charge in [-0.05, 0) is 35.8 Å². The third-order valence-electron chi connectivity index (χ3n) is 3.44. The fourth-order valence-corrected chi connectivity index (χ4v) is 2.01. The van der Waals surface area contributed by atoms with E-state index in [1.807, 2.05) is 12.1 Å². The molecule has 0 aliphatic rings. The Balaban J connectivity index is 0.00000324. The van der Waals surface area contributed by atoms with E-state index in [0.717, 1.165) is 18.4 Å². The topological polar surface area (TPSA) is 46.2 Å².